The smallest absolute Gasteiger partial charge is 0.0303 e. The molecule has 0 fully saturated rings. The van der Waals surface area contributed by atoms with Crippen molar-refractivity contribution in [2.75, 3.05) is 26.2 Å². The molecule has 0 aromatic carbocycles. The Morgan fingerprint density at radius 2 is 2.00 bits per heavy atom. The van der Waals surface area contributed by atoms with E-state index >= 15 is 0 Å². The maximum absolute atomic E-state index is 3.53. The molecule has 0 spiro atoms. The number of thiophene rings is 1. The van der Waals surface area contributed by atoms with Gasteiger partial charge in [0.05, 0.1) is 0 Å². The van der Waals surface area contributed by atoms with Gasteiger partial charge in [-0.15, -0.1) is 11.3 Å². The molecule has 16 heavy (non-hydrogen) atoms. The molecule has 1 rings (SSSR count). The highest BCUT2D eigenvalue weighted by Gasteiger charge is 2.02. The van der Waals surface area contributed by atoms with E-state index in [1.807, 2.05) is 11.3 Å². The van der Waals surface area contributed by atoms with Crippen LogP contribution in [0.4, 0.5) is 0 Å². The van der Waals surface area contributed by atoms with Crippen LogP contribution >= 0.6 is 11.3 Å². The van der Waals surface area contributed by atoms with Crippen LogP contribution in [0.3, 0.4) is 0 Å². The van der Waals surface area contributed by atoms with Crippen LogP contribution in [0.15, 0.2) is 11.4 Å². The molecule has 0 aliphatic heterocycles. The van der Waals surface area contributed by atoms with Gasteiger partial charge in [-0.1, -0.05) is 20.8 Å². The minimum absolute atomic E-state index is 1.03. The van der Waals surface area contributed by atoms with Gasteiger partial charge in [0.15, 0.2) is 0 Å². The molecule has 0 saturated heterocycles. The number of nitrogens with zero attached hydrogens (tertiary/aromatic N) is 1. The highest BCUT2D eigenvalue weighted by molar-refractivity contribution is 7.10. The van der Waals surface area contributed by atoms with E-state index < -0.39 is 0 Å². The summed E-state index contributed by atoms with van der Waals surface area (Å²) in [6, 6.07) is 2.24. The van der Waals surface area contributed by atoms with Gasteiger partial charge in [0.1, 0.15) is 0 Å². The molecule has 0 atom stereocenters. The maximum Gasteiger partial charge on any atom is 0.0303 e. The summed E-state index contributed by atoms with van der Waals surface area (Å²) in [5, 5.41) is 5.73. The summed E-state index contributed by atoms with van der Waals surface area (Å²) in [4.78, 5) is 3.95. The lowest BCUT2D eigenvalue weighted by Gasteiger charge is -2.17. The molecule has 0 saturated carbocycles. The molecular formula is C13H24N2S. The Bertz CT molecular complexity index is 279. The maximum atomic E-state index is 3.53. The Hall–Kier alpha value is -0.380. The average molecular weight is 240 g/mol. The molecule has 3 heteroatoms. The number of hydrogen-bond acceptors (Lipinski definition) is 3. The lowest BCUT2D eigenvalue weighted by molar-refractivity contribution is 0.302. The van der Waals surface area contributed by atoms with E-state index in [0.717, 1.165) is 39.1 Å². The third kappa shape index (κ3) is 4.24. The second-order valence-corrected chi connectivity index (χ2v) is 4.93. The van der Waals surface area contributed by atoms with Crippen molar-refractivity contribution in [2.45, 2.75) is 33.7 Å². The van der Waals surface area contributed by atoms with Crippen LogP contribution in [-0.4, -0.2) is 31.1 Å². The van der Waals surface area contributed by atoms with Crippen LogP contribution in [0.25, 0.3) is 0 Å². The van der Waals surface area contributed by atoms with Crippen LogP contribution in [-0.2, 0) is 13.0 Å². The van der Waals surface area contributed by atoms with Crippen molar-refractivity contribution in [2.24, 2.45) is 0 Å². The van der Waals surface area contributed by atoms with Crippen molar-refractivity contribution >= 4 is 11.3 Å². The second-order valence-electron chi connectivity index (χ2n) is 3.93. The zero-order valence-electron chi connectivity index (χ0n) is 10.8. The topological polar surface area (TPSA) is 15.3 Å². The molecule has 92 valence electrons. The predicted octanol–water partition coefficient (Wildman–Crippen LogP) is 2.74. The summed E-state index contributed by atoms with van der Waals surface area (Å²) in [5.41, 5.74) is 1.50. The van der Waals surface area contributed by atoms with E-state index in [4.69, 9.17) is 0 Å². The lowest BCUT2D eigenvalue weighted by atomic mass is 10.2. The lowest BCUT2D eigenvalue weighted by Crippen LogP contribution is -2.31. The van der Waals surface area contributed by atoms with E-state index in [2.05, 4.69) is 42.4 Å². The van der Waals surface area contributed by atoms with Crippen molar-refractivity contribution < 1.29 is 0 Å². The Labute approximate surface area is 104 Å². The summed E-state index contributed by atoms with van der Waals surface area (Å²) in [7, 11) is 0. The Kier molecular flexibility index (Phi) is 6.69. The van der Waals surface area contributed by atoms with E-state index in [1.165, 1.54) is 10.4 Å². The zero-order valence-corrected chi connectivity index (χ0v) is 11.6. The fourth-order valence-corrected chi connectivity index (χ4v) is 2.76. The summed E-state index contributed by atoms with van der Waals surface area (Å²) < 4.78 is 0. The Morgan fingerprint density at radius 1 is 1.25 bits per heavy atom. The highest BCUT2D eigenvalue weighted by Crippen LogP contribution is 2.16. The first-order valence-electron chi connectivity index (χ1n) is 6.30. The average Bonchev–Trinajstić information content (AvgIpc) is 2.77. The van der Waals surface area contributed by atoms with Gasteiger partial charge in [-0.2, -0.15) is 0 Å². The fraction of sp³-hybridized carbons (Fsp3) is 0.692. The molecular weight excluding hydrogens is 216 g/mol. The Balaban J connectivity index is 2.20. The molecule has 0 bridgehead atoms. The highest BCUT2D eigenvalue weighted by atomic mass is 32.1. The number of aryl methyl sites for hydroxylation is 1. The molecule has 1 aromatic heterocycles. The summed E-state index contributed by atoms with van der Waals surface area (Å²) in [6.07, 6.45) is 1.15. The third-order valence-corrected chi connectivity index (χ3v) is 3.97. The monoisotopic (exact) mass is 240 g/mol. The van der Waals surface area contributed by atoms with Crippen LogP contribution in [0.5, 0.6) is 0 Å². The van der Waals surface area contributed by atoms with Crippen LogP contribution in [0.2, 0.25) is 0 Å². The number of hydrogen-bond donors (Lipinski definition) is 1. The SMILES string of the molecule is CCc1ccsc1CNCCN(CC)CC. The van der Waals surface area contributed by atoms with Gasteiger partial charge in [0.25, 0.3) is 0 Å². The van der Waals surface area contributed by atoms with E-state index in [-0.39, 0.29) is 0 Å². The van der Waals surface area contributed by atoms with E-state index in [9.17, 15) is 0 Å². The predicted molar refractivity (Wildman–Crippen MR) is 73.2 cm³/mol. The standard InChI is InChI=1S/C13H24N2S/c1-4-12-7-10-16-13(12)11-14-8-9-15(5-2)6-3/h7,10,14H,4-6,8-9,11H2,1-3H3. The molecule has 1 aromatic rings. The van der Waals surface area contributed by atoms with Gasteiger partial charge >= 0.3 is 0 Å². The van der Waals surface area contributed by atoms with Crippen LogP contribution in [0, 0.1) is 0 Å². The van der Waals surface area contributed by atoms with Crippen molar-refractivity contribution in [1.82, 2.24) is 10.2 Å². The quantitative estimate of drug-likeness (QED) is 0.703. The van der Waals surface area contributed by atoms with Gasteiger partial charge < -0.3 is 10.2 Å². The van der Waals surface area contributed by atoms with Gasteiger partial charge in [-0.05, 0) is 36.5 Å². The number of likely N-dealkylation sites (N-methyl/N-ethyl adjacent to an activating group) is 1. The second kappa shape index (κ2) is 7.82. The molecule has 0 aliphatic carbocycles. The van der Waals surface area contributed by atoms with Crippen molar-refractivity contribution in [3.8, 4) is 0 Å². The summed E-state index contributed by atoms with van der Waals surface area (Å²) in [5.74, 6) is 0. The molecule has 0 radical (unpaired) electrons. The molecule has 0 aliphatic rings. The van der Waals surface area contributed by atoms with Crippen LogP contribution < -0.4 is 5.32 Å². The first kappa shape index (κ1) is 13.7. The Morgan fingerprint density at radius 3 is 2.62 bits per heavy atom. The van der Waals surface area contributed by atoms with Gasteiger partial charge in [-0.3, -0.25) is 0 Å². The first-order chi connectivity index (χ1) is 7.81. The number of rotatable bonds is 8. The fourth-order valence-electron chi connectivity index (χ4n) is 1.82. The summed E-state index contributed by atoms with van der Waals surface area (Å²) in [6.45, 7) is 12.2. The minimum Gasteiger partial charge on any atom is -0.311 e. The first-order valence-corrected chi connectivity index (χ1v) is 7.18. The molecule has 1 heterocycles. The van der Waals surface area contributed by atoms with Crippen molar-refractivity contribution in [1.29, 1.82) is 0 Å². The van der Waals surface area contributed by atoms with Gasteiger partial charge in [-0.25, -0.2) is 0 Å². The van der Waals surface area contributed by atoms with Crippen LogP contribution in [0.1, 0.15) is 31.2 Å². The molecule has 0 unspecified atom stereocenters. The molecule has 2 nitrogen and oxygen atoms in total. The normalized spacial score (nSPS) is 11.2. The largest absolute Gasteiger partial charge is 0.311 e. The van der Waals surface area contributed by atoms with Crippen molar-refractivity contribution in [3.63, 3.8) is 0 Å². The van der Waals surface area contributed by atoms with E-state index in [0.29, 0.717) is 0 Å². The molecule has 0 amide bonds. The zero-order chi connectivity index (χ0) is 11.8. The molecule has 1 N–H and O–H groups in total. The number of nitrogens with one attached hydrogen (secondary N) is 1. The van der Waals surface area contributed by atoms with Gasteiger partial charge in [0, 0.05) is 24.5 Å². The van der Waals surface area contributed by atoms with E-state index in [1.54, 1.807) is 0 Å². The van der Waals surface area contributed by atoms with Gasteiger partial charge in [0.2, 0.25) is 0 Å². The van der Waals surface area contributed by atoms with Crippen molar-refractivity contribution in [3.05, 3.63) is 21.9 Å². The third-order valence-electron chi connectivity index (χ3n) is 3.00. The minimum atomic E-state index is 1.03. The summed E-state index contributed by atoms with van der Waals surface area (Å²) >= 11 is 1.87.